The lowest BCUT2D eigenvalue weighted by molar-refractivity contribution is -0.129. The van der Waals surface area contributed by atoms with Crippen LogP contribution in [0.15, 0.2) is 55.1 Å². The number of halogens is 4. The predicted octanol–water partition coefficient (Wildman–Crippen LogP) is 7.32. The van der Waals surface area contributed by atoms with Gasteiger partial charge in [0.05, 0.1) is 10.6 Å². The second kappa shape index (κ2) is 12.4. The Morgan fingerprint density at radius 3 is 2.83 bits per heavy atom. The van der Waals surface area contributed by atoms with Gasteiger partial charge >= 0.3 is 6.01 Å². The van der Waals surface area contributed by atoms with Crippen molar-refractivity contribution in [1.29, 1.82) is 0 Å². The highest BCUT2D eigenvalue weighted by Gasteiger charge is 2.49. The Morgan fingerprint density at radius 2 is 1.98 bits per heavy atom. The summed E-state index contributed by atoms with van der Waals surface area (Å²) in [6.07, 6.45) is 5.23. The van der Waals surface area contributed by atoms with Gasteiger partial charge in [-0.15, -0.1) is 0 Å². The van der Waals surface area contributed by atoms with E-state index in [4.69, 9.17) is 16.3 Å². The summed E-state index contributed by atoms with van der Waals surface area (Å²) >= 11 is 6.40. The van der Waals surface area contributed by atoms with Crippen molar-refractivity contribution in [3.8, 4) is 17.1 Å². The van der Waals surface area contributed by atoms with Gasteiger partial charge in [0.25, 0.3) is 0 Å². The van der Waals surface area contributed by atoms with Crippen molar-refractivity contribution in [2.24, 2.45) is 0 Å². The number of carbonyl (C=O) groups is 1. The molecule has 3 fully saturated rings. The smallest absolute Gasteiger partial charge is 0.319 e. The van der Waals surface area contributed by atoms with Crippen molar-refractivity contribution < 1.29 is 22.7 Å². The fraction of sp³-hybridized carbons (Fsp3) is 0.400. The van der Waals surface area contributed by atoms with Gasteiger partial charge in [0, 0.05) is 48.4 Å². The average Bonchev–Trinajstić information content (AvgIpc) is 3.60. The highest BCUT2D eigenvalue weighted by Crippen LogP contribution is 2.41. The number of amides is 1. The van der Waals surface area contributed by atoms with Crippen molar-refractivity contribution >= 4 is 45.0 Å². The number of aromatic nitrogens is 2. The van der Waals surface area contributed by atoms with E-state index in [1.165, 1.54) is 12.1 Å². The third-order valence-electron chi connectivity index (χ3n) is 9.83. The molecule has 3 aliphatic heterocycles. The number of piperidine rings is 1. The second-order valence-electron chi connectivity index (χ2n) is 12.6. The Labute approximate surface area is 270 Å². The molecule has 3 aromatic carbocycles. The van der Waals surface area contributed by atoms with Crippen LogP contribution in [-0.4, -0.2) is 76.2 Å². The van der Waals surface area contributed by atoms with Crippen LogP contribution in [0.25, 0.3) is 32.8 Å². The lowest BCUT2D eigenvalue weighted by atomic mass is 9.95. The standard InChI is InChI=1S/C35H35ClF3N5O2/c1-2-28(45)44-16-4-3-8-23(44)18-40-33-26-12-11-25(24-9-5-7-21-10-13-27(38)30(36)29(21)24)31(39)32(26)41-34(42-33)46-20-35-14-6-15-43(35)19-22(37)17-35/h2,5,7,9-13,22-23H,1,3-4,6,8,14-20H2,(H,40,41,42)/t22-,23+,35+/m1/s1. The summed E-state index contributed by atoms with van der Waals surface area (Å²) < 4.78 is 51.8. The Kier molecular flexibility index (Phi) is 8.27. The topological polar surface area (TPSA) is 70.6 Å². The van der Waals surface area contributed by atoms with E-state index >= 15 is 4.39 Å². The quantitative estimate of drug-likeness (QED) is 0.202. The summed E-state index contributed by atoms with van der Waals surface area (Å²) in [5, 5.41) is 4.76. The fourth-order valence-corrected chi connectivity index (χ4v) is 7.84. The number of ether oxygens (including phenoxy) is 1. The lowest BCUT2D eigenvalue weighted by Gasteiger charge is -2.35. The minimum Gasteiger partial charge on any atom is -0.461 e. The number of hydrogen-bond acceptors (Lipinski definition) is 6. The van der Waals surface area contributed by atoms with Crippen LogP contribution in [0.4, 0.5) is 19.0 Å². The molecule has 0 saturated carbocycles. The van der Waals surface area contributed by atoms with Gasteiger partial charge in [0.2, 0.25) is 5.91 Å². The summed E-state index contributed by atoms with van der Waals surface area (Å²) in [7, 11) is 0. The Bertz CT molecular complexity index is 1840. The molecule has 7 rings (SSSR count). The largest absolute Gasteiger partial charge is 0.461 e. The molecule has 4 aromatic rings. The van der Waals surface area contributed by atoms with Gasteiger partial charge in [-0.1, -0.05) is 48.5 Å². The third-order valence-corrected chi connectivity index (χ3v) is 10.2. The first-order valence-corrected chi connectivity index (χ1v) is 16.2. The molecule has 11 heteroatoms. The molecule has 3 atom stereocenters. The van der Waals surface area contributed by atoms with Crippen LogP contribution in [0.2, 0.25) is 5.02 Å². The first kappa shape index (κ1) is 30.7. The van der Waals surface area contributed by atoms with E-state index in [2.05, 4.69) is 26.8 Å². The normalized spacial score (nSPS) is 23.2. The number of alkyl halides is 1. The second-order valence-corrected chi connectivity index (χ2v) is 13.0. The molecule has 1 aromatic heterocycles. The molecule has 3 saturated heterocycles. The van der Waals surface area contributed by atoms with Crippen LogP contribution in [0, 0.1) is 11.6 Å². The number of anilines is 1. The monoisotopic (exact) mass is 649 g/mol. The zero-order chi connectivity index (χ0) is 32.0. The van der Waals surface area contributed by atoms with E-state index in [0.29, 0.717) is 53.6 Å². The van der Waals surface area contributed by atoms with Crippen molar-refractivity contribution in [3.63, 3.8) is 0 Å². The first-order chi connectivity index (χ1) is 22.3. The number of likely N-dealkylation sites (tertiary alicyclic amines) is 1. The Balaban J connectivity index is 1.29. The molecule has 0 aliphatic carbocycles. The molecular weight excluding hydrogens is 615 g/mol. The third kappa shape index (κ3) is 5.45. The van der Waals surface area contributed by atoms with Gasteiger partial charge in [-0.2, -0.15) is 9.97 Å². The molecule has 7 nitrogen and oxygen atoms in total. The van der Waals surface area contributed by atoms with E-state index in [1.807, 2.05) is 0 Å². The minimum atomic E-state index is -0.923. The maximum atomic E-state index is 16.7. The van der Waals surface area contributed by atoms with Gasteiger partial charge in [0.15, 0.2) is 5.82 Å². The maximum Gasteiger partial charge on any atom is 0.319 e. The number of fused-ring (bicyclic) bond motifs is 3. The van der Waals surface area contributed by atoms with Crippen LogP contribution < -0.4 is 10.1 Å². The number of rotatable bonds is 8. The Hall–Kier alpha value is -3.89. The fourth-order valence-electron chi connectivity index (χ4n) is 7.57. The summed E-state index contributed by atoms with van der Waals surface area (Å²) in [5.74, 6) is -1.000. The summed E-state index contributed by atoms with van der Waals surface area (Å²) in [6, 6.07) is 11.4. The van der Waals surface area contributed by atoms with Gasteiger partial charge in [0.1, 0.15) is 29.9 Å². The molecule has 3 aliphatic rings. The van der Waals surface area contributed by atoms with Crippen LogP contribution in [-0.2, 0) is 4.79 Å². The number of hydrogen-bond donors (Lipinski definition) is 1. The van der Waals surface area contributed by atoms with Crippen molar-refractivity contribution in [2.45, 2.75) is 56.3 Å². The summed E-state index contributed by atoms with van der Waals surface area (Å²) in [4.78, 5) is 25.7. The van der Waals surface area contributed by atoms with Crippen LogP contribution in [0.1, 0.15) is 38.5 Å². The summed E-state index contributed by atoms with van der Waals surface area (Å²) in [6.45, 7) is 6.03. The summed E-state index contributed by atoms with van der Waals surface area (Å²) in [5.41, 5.74) is 0.210. The molecule has 0 bridgehead atoms. The van der Waals surface area contributed by atoms with Gasteiger partial charge in [-0.3, -0.25) is 9.69 Å². The molecule has 0 radical (unpaired) electrons. The van der Waals surface area contributed by atoms with Gasteiger partial charge in [-0.05, 0) is 67.8 Å². The predicted molar refractivity (Wildman–Crippen MR) is 174 cm³/mol. The van der Waals surface area contributed by atoms with Crippen molar-refractivity contribution in [1.82, 2.24) is 19.8 Å². The zero-order valence-electron chi connectivity index (χ0n) is 25.4. The highest BCUT2D eigenvalue weighted by atomic mass is 35.5. The Morgan fingerprint density at radius 1 is 1.11 bits per heavy atom. The molecule has 240 valence electrons. The molecule has 4 heterocycles. The molecule has 0 unspecified atom stereocenters. The average molecular weight is 650 g/mol. The molecule has 1 amide bonds. The molecular formula is C35H35ClF3N5O2. The van der Waals surface area contributed by atoms with E-state index in [9.17, 15) is 13.6 Å². The van der Waals surface area contributed by atoms with E-state index in [0.717, 1.165) is 38.6 Å². The van der Waals surface area contributed by atoms with Crippen LogP contribution in [0.3, 0.4) is 0 Å². The minimum absolute atomic E-state index is 0.0211. The SMILES string of the molecule is C=CC(=O)N1CCCC[C@H]1CNc1nc(OC[C@@]23CCCN2C[C@H](F)C3)nc2c(F)c(-c3cccc4ccc(F)c(Cl)c34)ccc12. The number of nitrogens with zero attached hydrogens (tertiary/aromatic N) is 4. The molecule has 1 N–H and O–H groups in total. The van der Waals surface area contributed by atoms with Crippen LogP contribution >= 0.6 is 11.6 Å². The van der Waals surface area contributed by atoms with E-state index < -0.39 is 23.3 Å². The number of benzene rings is 3. The number of nitrogens with one attached hydrogen (secondary N) is 1. The number of carbonyl (C=O) groups excluding carboxylic acids is 1. The van der Waals surface area contributed by atoms with Crippen LogP contribution in [0.5, 0.6) is 6.01 Å². The zero-order valence-corrected chi connectivity index (χ0v) is 26.1. The maximum absolute atomic E-state index is 16.7. The highest BCUT2D eigenvalue weighted by molar-refractivity contribution is 6.37. The molecule has 0 spiro atoms. The first-order valence-electron chi connectivity index (χ1n) is 15.8. The van der Waals surface area contributed by atoms with Gasteiger partial charge < -0.3 is 15.0 Å². The van der Waals surface area contributed by atoms with Crippen molar-refractivity contribution in [3.05, 3.63) is 71.8 Å². The van der Waals surface area contributed by atoms with Gasteiger partial charge in [-0.25, -0.2) is 13.2 Å². The lowest BCUT2D eigenvalue weighted by Crippen LogP contribution is -2.46. The van der Waals surface area contributed by atoms with E-state index in [-0.39, 0.29) is 40.7 Å². The molecule has 46 heavy (non-hydrogen) atoms. The van der Waals surface area contributed by atoms with E-state index in [1.54, 1.807) is 41.3 Å². The van der Waals surface area contributed by atoms with Crippen molar-refractivity contribution in [2.75, 3.05) is 38.1 Å².